The van der Waals surface area contributed by atoms with Crippen LogP contribution in [0.15, 0.2) is 40.5 Å². The number of nitrogens with zero attached hydrogens (tertiary/aromatic N) is 1. The minimum atomic E-state index is -0.720. The summed E-state index contributed by atoms with van der Waals surface area (Å²) >= 11 is 0. The first-order valence-electron chi connectivity index (χ1n) is 10.9. The average Bonchev–Trinajstić information content (AvgIpc) is 3.49. The van der Waals surface area contributed by atoms with Crippen LogP contribution in [0.2, 0.25) is 0 Å². The summed E-state index contributed by atoms with van der Waals surface area (Å²) in [4.78, 5) is 27.9. The van der Waals surface area contributed by atoms with Crippen molar-refractivity contribution in [3.05, 3.63) is 58.6 Å². The second-order valence-corrected chi connectivity index (χ2v) is 8.72. The zero-order valence-electron chi connectivity index (χ0n) is 18.5. The van der Waals surface area contributed by atoms with E-state index in [-0.39, 0.29) is 23.3 Å². The van der Waals surface area contributed by atoms with Crippen molar-refractivity contribution in [3.8, 4) is 5.75 Å². The normalized spacial score (nSPS) is 21.5. The second-order valence-electron chi connectivity index (χ2n) is 8.72. The van der Waals surface area contributed by atoms with Crippen molar-refractivity contribution in [2.75, 3.05) is 7.11 Å². The molecule has 6 heteroatoms. The fourth-order valence-corrected chi connectivity index (χ4v) is 4.86. The van der Waals surface area contributed by atoms with E-state index in [1.807, 2.05) is 32.9 Å². The fraction of sp³-hybridized carbons (Fsp3) is 0.440. The topological polar surface area (TPSA) is 80.0 Å². The van der Waals surface area contributed by atoms with Crippen LogP contribution in [0.3, 0.4) is 0 Å². The number of furan rings is 1. The molecule has 1 unspecified atom stereocenters. The maximum Gasteiger partial charge on any atom is 0.296 e. The Kier molecular flexibility index (Phi) is 5.65. The number of aliphatic hydroxyl groups is 1. The Morgan fingerprint density at radius 1 is 1.23 bits per heavy atom. The van der Waals surface area contributed by atoms with Gasteiger partial charge in [-0.25, -0.2) is 0 Å². The highest BCUT2D eigenvalue weighted by Crippen LogP contribution is 2.44. The number of ketones is 1. The summed E-state index contributed by atoms with van der Waals surface area (Å²) in [7, 11) is 1.62. The Bertz CT molecular complexity index is 1030. The Balaban J connectivity index is 1.90. The quantitative estimate of drug-likeness (QED) is 0.412. The number of methoxy groups -OCH3 is 1. The van der Waals surface area contributed by atoms with Crippen LogP contribution in [0, 0.1) is 6.92 Å². The van der Waals surface area contributed by atoms with E-state index in [1.165, 1.54) is 6.26 Å². The summed E-state index contributed by atoms with van der Waals surface area (Å²) < 4.78 is 11.1. The molecule has 31 heavy (non-hydrogen) atoms. The molecule has 6 nitrogen and oxygen atoms in total. The van der Waals surface area contributed by atoms with Gasteiger partial charge >= 0.3 is 0 Å². The summed E-state index contributed by atoms with van der Waals surface area (Å²) in [6, 6.07) is 6.46. The molecule has 1 saturated carbocycles. The Labute approximate surface area is 182 Å². The van der Waals surface area contributed by atoms with E-state index >= 15 is 0 Å². The molecule has 0 bridgehead atoms. The van der Waals surface area contributed by atoms with Crippen LogP contribution >= 0.6 is 0 Å². The third kappa shape index (κ3) is 3.54. The van der Waals surface area contributed by atoms with Gasteiger partial charge in [0.25, 0.3) is 11.7 Å². The maximum absolute atomic E-state index is 13.2. The molecule has 1 saturated heterocycles. The highest BCUT2D eigenvalue weighted by atomic mass is 16.5. The van der Waals surface area contributed by atoms with Gasteiger partial charge in [0.1, 0.15) is 23.3 Å². The van der Waals surface area contributed by atoms with Crippen molar-refractivity contribution in [3.63, 3.8) is 0 Å². The van der Waals surface area contributed by atoms with E-state index in [9.17, 15) is 14.7 Å². The molecule has 164 valence electrons. The number of aliphatic hydroxyl groups excluding tert-OH is 1. The smallest absolute Gasteiger partial charge is 0.296 e. The van der Waals surface area contributed by atoms with Crippen LogP contribution in [0.4, 0.5) is 0 Å². The van der Waals surface area contributed by atoms with Gasteiger partial charge in [-0.1, -0.05) is 26.7 Å². The Morgan fingerprint density at radius 2 is 1.94 bits per heavy atom. The third-order valence-corrected chi connectivity index (χ3v) is 6.46. The first-order valence-corrected chi connectivity index (χ1v) is 10.9. The molecule has 1 amide bonds. The minimum absolute atomic E-state index is 0.0277. The van der Waals surface area contributed by atoms with Crippen LogP contribution in [0.5, 0.6) is 5.75 Å². The van der Waals surface area contributed by atoms with Crippen molar-refractivity contribution in [2.24, 2.45) is 0 Å². The van der Waals surface area contributed by atoms with Gasteiger partial charge in [0, 0.05) is 11.6 Å². The SMILES string of the molecule is COc1cc(C)c(/C(O)=C2\C(=O)C(=O)N(C3CCCC3)C2c2ccco2)cc1C(C)C. The molecule has 0 radical (unpaired) electrons. The van der Waals surface area contributed by atoms with Crippen molar-refractivity contribution in [2.45, 2.75) is 64.5 Å². The molecular formula is C25H29NO5. The number of amides is 1. The number of hydrogen-bond acceptors (Lipinski definition) is 5. The van der Waals surface area contributed by atoms with E-state index in [4.69, 9.17) is 9.15 Å². The lowest BCUT2D eigenvalue weighted by Crippen LogP contribution is -2.37. The molecule has 2 heterocycles. The summed E-state index contributed by atoms with van der Waals surface area (Å²) in [5.41, 5.74) is 2.32. The number of carbonyl (C=O) groups is 2. The largest absolute Gasteiger partial charge is 0.507 e. The van der Waals surface area contributed by atoms with Gasteiger partial charge in [0.2, 0.25) is 0 Å². The van der Waals surface area contributed by atoms with E-state index in [2.05, 4.69) is 0 Å². The lowest BCUT2D eigenvalue weighted by Gasteiger charge is -2.29. The van der Waals surface area contributed by atoms with Gasteiger partial charge in [-0.3, -0.25) is 9.59 Å². The standard InChI is InChI=1S/C25H29NO5/c1-14(2)17-13-18(15(3)12-20(17)30-4)23(27)21-22(19-10-7-11-31-19)26(25(29)24(21)28)16-8-5-6-9-16/h7,10-14,16,22,27H,5-6,8-9H2,1-4H3/b23-21+. The molecule has 1 N–H and O–H groups in total. The predicted octanol–water partition coefficient (Wildman–Crippen LogP) is 5.08. The number of ether oxygens (including phenoxy) is 1. The van der Waals surface area contributed by atoms with Crippen molar-refractivity contribution in [1.82, 2.24) is 4.90 Å². The number of hydrogen-bond donors (Lipinski definition) is 1. The lowest BCUT2D eigenvalue weighted by atomic mass is 9.92. The first kappa shape index (κ1) is 21.2. The van der Waals surface area contributed by atoms with Gasteiger partial charge in [-0.05, 0) is 61.1 Å². The van der Waals surface area contributed by atoms with Gasteiger partial charge in [-0.15, -0.1) is 0 Å². The summed E-state index contributed by atoms with van der Waals surface area (Å²) in [5, 5.41) is 11.4. The fourth-order valence-electron chi connectivity index (χ4n) is 4.86. The van der Waals surface area contributed by atoms with Crippen LogP contribution in [0.1, 0.15) is 73.9 Å². The number of likely N-dealkylation sites (tertiary alicyclic amines) is 1. The number of Topliss-reactive ketones (excluding diaryl/α,β-unsaturated/α-hetero) is 1. The van der Waals surface area contributed by atoms with Crippen LogP contribution < -0.4 is 4.74 Å². The van der Waals surface area contributed by atoms with Crippen LogP contribution in [0.25, 0.3) is 5.76 Å². The van der Waals surface area contributed by atoms with Gasteiger partial charge in [0.15, 0.2) is 0 Å². The van der Waals surface area contributed by atoms with Crippen molar-refractivity contribution < 1.29 is 23.8 Å². The average molecular weight is 424 g/mol. The molecule has 0 spiro atoms. The molecular weight excluding hydrogens is 394 g/mol. The van der Waals surface area contributed by atoms with Crippen molar-refractivity contribution >= 4 is 17.4 Å². The molecule has 1 aliphatic heterocycles. The van der Waals surface area contributed by atoms with Crippen LogP contribution in [-0.4, -0.2) is 34.8 Å². The van der Waals surface area contributed by atoms with Gasteiger partial charge < -0.3 is 19.2 Å². The molecule has 1 atom stereocenters. The third-order valence-electron chi connectivity index (χ3n) is 6.46. The molecule has 2 fully saturated rings. The highest BCUT2D eigenvalue weighted by molar-refractivity contribution is 6.46. The van der Waals surface area contributed by atoms with Crippen molar-refractivity contribution in [1.29, 1.82) is 0 Å². The van der Waals surface area contributed by atoms with Gasteiger partial charge in [0.05, 0.1) is 18.9 Å². The summed E-state index contributed by atoms with van der Waals surface area (Å²) in [5.74, 6) is -0.00989. The van der Waals surface area contributed by atoms with E-state index in [1.54, 1.807) is 24.1 Å². The zero-order valence-corrected chi connectivity index (χ0v) is 18.5. The van der Waals surface area contributed by atoms with E-state index < -0.39 is 17.7 Å². The number of aryl methyl sites for hydroxylation is 1. The number of rotatable bonds is 5. The Hall–Kier alpha value is -3.02. The van der Waals surface area contributed by atoms with Gasteiger partial charge in [-0.2, -0.15) is 0 Å². The van der Waals surface area contributed by atoms with E-state index in [0.29, 0.717) is 11.3 Å². The van der Waals surface area contributed by atoms with Crippen LogP contribution in [-0.2, 0) is 9.59 Å². The second kappa shape index (κ2) is 8.25. The summed E-state index contributed by atoms with van der Waals surface area (Å²) in [6.07, 6.45) is 5.27. The molecule has 2 aromatic rings. The zero-order chi connectivity index (χ0) is 22.3. The number of carbonyl (C=O) groups excluding carboxylic acids is 2. The first-order chi connectivity index (χ1) is 14.8. The molecule has 2 aliphatic rings. The molecule has 1 aromatic heterocycles. The minimum Gasteiger partial charge on any atom is -0.507 e. The molecule has 1 aliphatic carbocycles. The maximum atomic E-state index is 13.2. The Morgan fingerprint density at radius 3 is 2.52 bits per heavy atom. The van der Waals surface area contributed by atoms with E-state index in [0.717, 1.165) is 42.6 Å². The molecule has 4 rings (SSSR count). The number of benzene rings is 1. The summed E-state index contributed by atoms with van der Waals surface area (Å²) in [6.45, 7) is 5.94. The lowest BCUT2D eigenvalue weighted by molar-refractivity contribution is -0.141. The molecule has 1 aromatic carbocycles. The predicted molar refractivity (Wildman–Crippen MR) is 117 cm³/mol. The monoisotopic (exact) mass is 423 g/mol. The highest BCUT2D eigenvalue weighted by Gasteiger charge is 2.50.